The molecule has 1 aromatic carbocycles. The molecule has 1 unspecified atom stereocenters. The molecule has 0 bridgehead atoms. The Hall–Kier alpha value is -1.00. The predicted octanol–water partition coefficient (Wildman–Crippen LogP) is 2.73. The van der Waals surface area contributed by atoms with E-state index >= 15 is 0 Å². The fourth-order valence-electron chi connectivity index (χ4n) is 1.78. The van der Waals surface area contributed by atoms with E-state index in [-0.39, 0.29) is 5.91 Å². The summed E-state index contributed by atoms with van der Waals surface area (Å²) in [5.41, 5.74) is 2.03. The van der Waals surface area contributed by atoms with E-state index in [2.05, 4.69) is 23.8 Å². The summed E-state index contributed by atoms with van der Waals surface area (Å²) in [6, 6.07) is 7.90. The van der Waals surface area contributed by atoms with Gasteiger partial charge in [-0.25, -0.2) is 0 Å². The maximum atomic E-state index is 11.1. The van der Waals surface area contributed by atoms with Gasteiger partial charge in [0.2, 0.25) is 5.91 Å². The summed E-state index contributed by atoms with van der Waals surface area (Å²) in [4.78, 5) is 11.1. The Morgan fingerprint density at radius 2 is 2.11 bits per heavy atom. The summed E-state index contributed by atoms with van der Waals surface area (Å²) in [6.07, 6.45) is 2.13. The molecule has 0 aromatic heterocycles. The van der Waals surface area contributed by atoms with Gasteiger partial charge in [0.1, 0.15) is 0 Å². The first-order chi connectivity index (χ1) is 8.63. The minimum atomic E-state index is -0.0294. The van der Waals surface area contributed by atoms with E-state index in [0.717, 1.165) is 24.3 Å². The molecule has 4 heteroatoms. The molecule has 0 spiro atoms. The zero-order chi connectivity index (χ0) is 13.4. The maximum absolute atomic E-state index is 11.1. The van der Waals surface area contributed by atoms with Crippen LogP contribution in [0.5, 0.6) is 0 Å². The standard InChI is InChI=1S/C14H22N2OS/c1-11(10-18-3)8-15-9-13-6-4-5-7-14(13)16-12(2)17/h4-7,11,15H,8-10H2,1-3H3,(H,16,17). The van der Waals surface area contributed by atoms with Gasteiger partial charge in [0, 0.05) is 19.2 Å². The van der Waals surface area contributed by atoms with Crippen molar-refractivity contribution in [2.45, 2.75) is 20.4 Å². The second-order valence-electron chi connectivity index (χ2n) is 4.53. The van der Waals surface area contributed by atoms with E-state index < -0.39 is 0 Å². The summed E-state index contributed by atoms with van der Waals surface area (Å²) < 4.78 is 0. The Bertz CT molecular complexity index is 382. The van der Waals surface area contributed by atoms with E-state index in [9.17, 15) is 4.79 Å². The number of para-hydroxylation sites is 1. The smallest absolute Gasteiger partial charge is 0.221 e. The molecule has 0 aliphatic heterocycles. The van der Waals surface area contributed by atoms with Crippen LogP contribution in [-0.2, 0) is 11.3 Å². The number of carbonyl (C=O) groups excluding carboxylic acids is 1. The maximum Gasteiger partial charge on any atom is 0.221 e. The van der Waals surface area contributed by atoms with Gasteiger partial charge in [-0.15, -0.1) is 0 Å². The summed E-state index contributed by atoms with van der Waals surface area (Å²) in [5.74, 6) is 1.80. The Balaban J connectivity index is 2.48. The van der Waals surface area contributed by atoms with Crippen LogP contribution in [0.4, 0.5) is 5.69 Å². The van der Waals surface area contributed by atoms with Crippen molar-refractivity contribution in [2.24, 2.45) is 5.92 Å². The van der Waals surface area contributed by atoms with Crippen LogP contribution in [-0.4, -0.2) is 24.5 Å². The minimum absolute atomic E-state index is 0.0294. The van der Waals surface area contributed by atoms with Crippen molar-refractivity contribution in [1.82, 2.24) is 5.32 Å². The molecule has 0 saturated heterocycles. The number of carbonyl (C=O) groups is 1. The van der Waals surface area contributed by atoms with E-state index in [0.29, 0.717) is 5.92 Å². The van der Waals surface area contributed by atoms with Crippen molar-refractivity contribution in [3.05, 3.63) is 29.8 Å². The van der Waals surface area contributed by atoms with Gasteiger partial charge in [-0.05, 0) is 36.1 Å². The van der Waals surface area contributed by atoms with Gasteiger partial charge in [-0.2, -0.15) is 11.8 Å². The van der Waals surface area contributed by atoms with Gasteiger partial charge < -0.3 is 10.6 Å². The zero-order valence-electron chi connectivity index (χ0n) is 11.3. The molecular weight excluding hydrogens is 244 g/mol. The molecule has 1 aromatic rings. The van der Waals surface area contributed by atoms with Gasteiger partial charge >= 0.3 is 0 Å². The third-order valence-electron chi connectivity index (χ3n) is 2.59. The molecule has 0 aliphatic carbocycles. The number of nitrogens with one attached hydrogen (secondary N) is 2. The largest absolute Gasteiger partial charge is 0.326 e. The van der Waals surface area contributed by atoms with E-state index in [1.807, 2.05) is 36.0 Å². The van der Waals surface area contributed by atoms with Crippen molar-refractivity contribution in [3.8, 4) is 0 Å². The van der Waals surface area contributed by atoms with Crippen LogP contribution in [0.3, 0.4) is 0 Å². The number of thioether (sulfide) groups is 1. The van der Waals surface area contributed by atoms with Crippen LogP contribution in [0.25, 0.3) is 0 Å². The first-order valence-electron chi connectivity index (χ1n) is 6.18. The minimum Gasteiger partial charge on any atom is -0.326 e. The highest BCUT2D eigenvalue weighted by molar-refractivity contribution is 7.98. The molecule has 0 saturated carbocycles. The van der Waals surface area contributed by atoms with Gasteiger partial charge in [0.25, 0.3) is 0 Å². The van der Waals surface area contributed by atoms with Crippen molar-refractivity contribution < 1.29 is 4.79 Å². The highest BCUT2D eigenvalue weighted by Gasteiger charge is 2.04. The van der Waals surface area contributed by atoms with E-state index in [4.69, 9.17) is 0 Å². The number of benzene rings is 1. The van der Waals surface area contributed by atoms with Crippen molar-refractivity contribution in [2.75, 3.05) is 23.9 Å². The average molecular weight is 266 g/mol. The van der Waals surface area contributed by atoms with E-state index in [1.165, 1.54) is 12.7 Å². The second kappa shape index (κ2) is 8.16. The first-order valence-corrected chi connectivity index (χ1v) is 7.58. The highest BCUT2D eigenvalue weighted by Crippen LogP contribution is 2.14. The van der Waals surface area contributed by atoms with Gasteiger partial charge in [0.15, 0.2) is 0 Å². The fourth-order valence-corrected chi connectivity index (χ4v) is 2.47. The van der Waals surface area contributed by atoms with E-state index in [1.54, 1.807) is 0 Å². The number of rotatable bonds is 7. The first kappa shape index (κ1) is 15.1. The van der Waals surface area contributed by atoms with Gasteiger partial charge in [0.05, 0.1) is 0 Å². The summed E-state index contributed by atoms with van der Waals surface area (Å²) >= 11 is 1.87. The molecule has 1 rings (SSSR count). The average Bonchev–Trinajstić information content (AvgIpc) is 2.31. The molecule has 100 valence electrons. The summed E-state index contributed by atoms with van der Waals surface area (Å²) in [7, 11) is 0. The SMILES string of the molecule is CSCC(C)CNCc1ccccc1NC(C)=O. The zero-order valence-corrected chi connectivity index (χ0v) is 12.1. The van der Waals surface area contributed by atoms with Crippen molar-refractivity contribution in [1.29, 1.82) is 0 Å². The topological polar surface area (TPSA) is 41.1 Å². The summed E-state index contributed by atoms with van der Waals surface area (Å²) in [6.45, 7) is 5.55. The molecule has 0 heterocycles. The third-order valence-corrected chi connectivity index (χ3v) is 3.49. The second-order valence-corrected chi connectivity index (χ2v) is 5.44. The third kappa shape index (κ3) is 5.56. The monoisotopic (exact) mass is 266 g/mol. The Morgan fingerprint density at radius 1 is 1.39 bits per heavy atom. The highest BCUT2D eigenvalue weighted by atomic mass is 32.2. The Morgan fingerprint density at radius 3 is 2.78 bits per heavy atom. The molecule has 1 amide bonds. The Kier molecular flexibility index (Phi) is 6.83. The van der Waals surface area contributed by atoms with Crippen molar-refractivity contribution in [3.63, 3.8) is 0 Å². The van der Waals surface area contributed by atoms with Crippen LogP contribution in [0, 0.1) is 5.92 Å². The molecule has 0 fully saturated rings. The predicted molar refractivity (Wildman–Crippen MR) is 80.0 cm³/mol. The number of hydrogen-bond acceptors (Lipinski definition) is 3. The number of anilines is 1. The molecule has 3 nitrogen and oxygen atoms in total. The Labute approximate surface area is 114 Å². The van der Waals surface area contributed by atoms with Crippen LogP contribution in [0.2, 0.25) is 0 Å². The number of amides is 1. The summed E-state index contributed by atoms with van der Waals surface area (Å²) in [5, 5.41) is 6.29. The molecule has 2 N–H and O–H groups in total. The van der Waals surface area contributed by atoms with Crippen LogP contribution < -0.4 is 10.6 Å². The lowest BCUT2D eigenvalue weighted by molar-refractivity contribution is -0.114. The molecule has 1 atom stereocenters. The normalized spacial score (nSPS) is 12.2. The van der Waals surface area contributed by atoms with Crippen molar-refractivity contribution >= 4 is 23.4 Å². The van der Waals surface area contributed by atoms with Crippen LogP contribution >= 0.6 is 11.8 Å². The lowest BCUT2D eigenvalue weighted by atomic mass is 10.1. The lowest BCUT2D eigenvalue weighted by Crippen LogP contribution is -2.22. The van der Waals surface area contributed by atoms with Crippen LogP contribution in [0.15, 0.2) is 24.3 Å². The fraction of sp³-hybridized carbons (Fsp3) is 0.500. The quantitative estimate of drug-likeness (QED) is 0.797. The lowest BCUT2D eigenvalue weighted by Gasteiger charge is -2.13. The van der Waals surface area contributed by atoms with Crippen LogP contribution in [0.1, 0.15) is 19.4 Å². The van der Waals surface area contributed by atoms with Gasteiger partial charge in [-0.3, -0.25) is 4.79 Å². The molecule has 0 radical (unpaired) electrons. The molecule has 18 heavy (non-hydrogen) atoms. The number of hydrogen-bond donors (Lipinski definition) is 2. The molecule has 0 aliphatic rings. The molecular formula is C14H22N2OS. The van der Waals surface area contributed by atoms with Gasteiger partial charge in [-0.1, -0.05) is 25.1 Å².